The predicted octanol–water partition coefficient (Wildman–Crippen LogP) is -0.326. The van der Waals surface area contributed by atoms with Crippen molar-refractivity contribution in [2.75, 3.05) is 24.9 Å². The van der Waals surface area contributed by atoms with Crippen LogP contribution < -0.4 is 14.2 Å². The fraction of sp³-hybridized carbons (Fsp3) is 0.538. The molecule has 0 atom stereocenters. The van der Waals surface area contributed by atoms with Gasteiger partial charge in [-0.25, -0.2) is 5.32 Å². The molecule has 118 valence electrons. The number of quaternary nitrogens is 1. The van der Waals surface area contributed by atoms with Gasteiger partial charge in [-0.05, 0) is 20.8 Å². The largest absolute Gasteiger partial charge is 0.514 e. The van der Waals surface area contributed by atoms with Gasteiger partial charge in [0.05, 0.1) is 0 Å². The molecule has 0 bridgehead atoms. The van der Waals surface area contributed by atoms with Crippen LogP contribution in [0.15, 0.2) is 24.5 Å². The number of pyridine rings is 1. The highest BCUT2D eigenvalue weighted by atomic mass is 32.2. The molecule has 0 aliphatic carbocycles. The zero-order valence-electron chi connectivity index (χ0n) is 13.0. The van der Waals surface area contributed by atoms with Crippen molar-refractivity contribution < 1.29 is 27.2 Å². The van der Waals surface area contributed by atoms with Crippen molar-refractivity contribution in [1.82, 2.24) is 0 Å². The van der Waals surface area contributed by atoms with Gasteiger partial charge in [-0.1, -0.05) is 3.97 Å². The summed E-state index contributed by atoms with van der Waals surface area (Å²) in [5, 5.41) is 1.04. The van der Waals surface area contributed by atoms with E-state index in [2.05, 4.69) is 0 Å². The van der Waals surface area contributed by atoms with Crippen LogP contribution in [0.2, 0.25) is 0 Å². The van der Waals surface area contributed by atoms with Gasteiger partial charge in [0.25, 0.3) is 0 Å². The molecule has 0 unspecified atom stereocenters. The molecule has 0 aliphatic heterocycles. The quantitative estimate of drug-likeness (QED) is 0.769. The first-order valence-corrected chi connectivity index (χ1v) is 8.10. The molecule has 1 aromatic heterocycles. The lowest BCUT2D eigenvalue weighted by Crippen LogP contribution is -2.91. The molecule has 0 fully saturated rings. The predicted molar refractivity (Wildman–Crippen MR) is 78.3 cm³/mol. The van der Waals surface area contributed by atoms with Crippen LogP contribution >= 0.6 is 0 Å². The first-order valence-electron chi connectivity index (χ1n) is 6.49. The monoisotopic (exact) mass is 317 g/mol. The van der Waals surface area contributed by atoms with Gasteiger partial charge >= 0.3 is 16.1 Å². The van der Waals surface area contributed by atoms with Crippen molar-refractivity contribution in [1.29, 1.82) is 0 Å². The third-order valence-electron chi connectivity index (χ3n) is 2.49. The topological polar surface area (TPSA) is 84.2 Å². The molecule has 0 spiro atoms. The van der Waals surface area contributed by atoms with Crippen molar-refractivity contribution in [3.05, 3.63) is 24.5 Å². The summed E-state index contributed by atoms with van der Waals surface area (Å²) in [4.78, 5) is 13.4. The summed E-state index contributed by atoms with van der Waals surface area (Å²) in [6.07, 6.45) is 2.26. The minimum Gasteiger partial charge on any atom is -0.414 e. The lowest BCUT2D eigenvalue weighted by molar-refractivity contribution is -0.574. The number of ether oxygens (including phenoxy) is 1. The van der Waals surface area contributed by atoms with Gasteiger partial charge in [0, 0.05) is 31.9 Å². The summed E-state index contributed by atoms with van der Waals surface area (Å²) in [5.74, 6) is -0.409. The molecule has 1 amide bonds. The number of amides is 1. The van der Waals surface area contributed by atoms with Crippen LogP contribution in [0.25, 0.3) is 0 Å². The van der Waals surface area contributed by atoms with Crippen LogP contribution in [0.3, 0.4) is 0 Å². The maximum absolute atomic E-state index is 12.1. The average Bonchev–Trinajstić information content (AvgIpc) is 2.34. The summed E-state index contributed by atoms with van der Waals surface area (Å²) >= 11 is 0. The highest BCUT2D eigenvalue weighted by Gasteiger charge is 2.28. The molecule has 0 aliphatic rings. The Labute approximate surface area is 125 Å². The Morgan fingerprint density at radius 1 is 1.29 bits per heavy atom. The van der Waals surface area contributed by atoms with Gasteiger partial charge in [-0.2, -0.15) is 13.2 Å². The van der Waals surface area contributed by atoms with E-state index in [1.165, 1.54) is 12.4 Å². The number of anilines is 1. The van der Waals surface area contributed by atoms with Crippen LogP contribution in [-0.4, -0.2) is 40.1 Å². The van der Waals surface area contributed by atoms with E-state index in [0.717, 1.165) is 15.0 Å². The van der Waals surface area contributed by atoms with Gasteiger partial charge < -0.3 is 9.64 Å². The zero-order chi connectivity index (χ0) is 16.3. The van der Waals surface area contributed by atoms with Gasteiger partial charge in [0.15, 0.2) is 12.4 Å². The molecule has 0 aromatic carbocycles. The average molecular weight is 317 g/mol. The normalized spacial score (nSPS) is 12.0. The number of aromatic nitrogens is 1. The van der Waals surface area contributed by atoms with Gasteiger partial charge in [0.1, 0.15) is 5.60 Å². The number of nitrogens with zero attached hydrogens (tertiary/aromatic N) is 2. The van der Waals surface area contributed by atoms with Gasteiger partial charge in [0.2, 0.25) is 5.88 Å². The van der Waals surface area contributed by atoms with E-state index in [1.807, 2.05) is 19.0 Å². The standard InChI is InChI=1S/C13H21N3O4S/c1-13(2,3)20-12(17)14-10-21(18,19)16-8-6-11(7-9-16)15(4)5/h6-9H,10H2,1-5H3/p+2. The minimum absolute atomic E-state index is 0.409. The number of carbonyl (C=O) groups is 1. The molecule has 21 heavy (non-hydrogen) atoms. The molecule has 0 saturated carbocycles. The van der Waals surface area contributed by atoms with Crippen molar-refractivity contribution in [3.8, 4) is 0 Å². The SMILES string of the molecule is CN(C)c1cc[n+](S(=O)(=O)C[NH2+]C(=O)OC(C)(C)C)cc1. The minimum atomic E-state index is -3.61. The van der Waals surface area contributed by atoms with Crippen LogP contribution in [0.5, 0.6) is 0 Å². The second kappa shape index (κ2) is 6.40. The maximum Gasteiger partial charge on any atom is 0.514 e. The number of carbonyl (C=O) groups excluding carboxylic acids is 1. The number of hydrogen-bond donors (Lipinski definition) is 1. The van der Waals surface area contributed by atoms with Crippen molar-refractivity contribution in [2.24, 2.45) is 0 Å². The highest BCUT2D eigenvalue weighted by molar-refractivity contribution is 7.84. The zero-order valence-corrected chi connectivity index (χ0v) is 13.8. The fourth-order valence-corrected chi connectivity index (χ4v) is 2.50. The molecular weight excluding hydrogens is 294 g/mol. The Bertz CT molecular complexity index is 589. The molecule has 0 radical (unpaired) electrons. The Morgan fingerprint density at radius 3 is 2.24 bits per heavy atom. The summed E-state index contributed by atoms with van der Waals surface area (Å²) in [6.45, 7) is 5.17. The Morgan fingerprint density at radius 2 is 1.81 bits per heavy atom. The van der Waals surface area contributed by atoms with Crippen LogP contribution in [0.1, 0.15) is 20.8 Å². The van der Waals surface area contributed by atoms with E-state index in [1.54, 1.807) is 32.9 Å². The summed E-state index contributed by atoms with van der Waals surface area (Å²) in [6, 6.07) is 3.37. The third kappa shape index (κ3) is 5.68. The van der Waals surface area contributed by atoms with E-state index < -0.39 is 27.6 Å². The fourth-order valence-electron chi connectivity index (χ4n) is 1.49. The van der Waals surface area contributed by atoms with Crippen molar-refractivity contribution in [3.63, 3.8) is 0 Å². The smallest absolute Gasteiger partial charge is 0.414 e. The number of primary amides is 1. The van der Waals surface area contributed by atoms with E-state index in [-0.39, 0.29) is 0 Å². The Kier molecular flexibility index (Phi) is 5.30. The maximum atomic E-state index is 12.1. The third-order valence-corrected chi connectivity index (χ3v) is 3.96. The van der Waals surface area contributed by atoms with Crippen molar-refractivity contribution >= 4 is 21.8 Å². The van der Waals surface area contributed by atoms with Gasteiger partial charge in [-0.3, -0.25) is 0 Å². The first kappa shape index (κ1) is 17.4. The summed E-state index contributed by atoms with van der Waals surface area (Å²) in [7, 11) is 0.119. The van der Waals surface area contributed by atoms with E-state index in [0.29, 0.717) is 0 Å². The van der Waals surface area contributed by atoms with E-state index in [9.17, 15) is 13.2 Å². The summed E-state index contributed by atoms with van der Waals surface area (Å²) in [5.41, 5.74) is 0.246. The van der Waals surface area contributed by atoms with E-state index >= 15 is 0 Å². The Balaban J connectivity index is 2.71. The first-order chi connectivity index (χ1) is 9.51. The van der Waals surface area contributed by atoms with Crippen LogP contribution in [0.4, 0.5) is 10.5 Å². The second-order valence-corrected chi connectivity index (χ2v) is 7.72. The number of nitrogens with two attached hydrogens (primary N) is 1. The summed E-state index contributed by atoms with van der Waals surface area (Å²) < 4.78 is 30.3. The van der Waals surface area contributed by atoms with Crippen LogP contribution in [-0.2, 0) is 14.8 Å². The lowest BCUT2D eigenvalue weighted by Gasteiger charge is -2.16. The number of rotatable bonds is 4. The molecular formula is C13H23N3O4S+2. The van der Waals surface area contributed by atoms with Crippen LogP contribution in [0, 0.1) is 0 Å². The molecule has 2 N–H and O–H groups in total. The molecule has 8 heteroatoms. The molecule has 1 rings (SSSR count). The highest BCUT2D eigenvalue weighted by Crippen LogP contribution is 2.06. The Hall–Kier alpha value is -1.67. The molecule has 7 nitrogen and oxygen atoms in total. The molecule has 1 heterocycles. The lowest BCUT2D eigenvalue weighted by atomic mass is 10.2. The number of hydrogen-bond acceptors (Lipinski definition) is 5. The molecule has 1 aromatic rings. The van der Waals surface area contributed by atoms with Crippen molar-refractivity contribution in [2.45, 2.75) is 26.4 Å². The van der Waals surface area contributed by atoms with E-state index in [4.69, 9.17) is 4.74 Å². The second-order valence-electron chi connectivity index (χ2n) is 5.80. The molecule has 0 saturated heterocycles. The van der Waals surface area contributed by atoms with Gasteiger partial charge in [-0.15, -0.1) is 0 Å².